The molecule has 6 heteroatoms. The zero-order chi connectivity index (χ0) is 13.3. The molecule has 4 nitrogen and oxygen atoms in total. The maximum Gasteiger partial charge on any atom is 0.291 e. The Bertz CT molecular complexity index is 608. The first-order valence-electron chi connectivity index (χ1n) is 5.09. The SMILES string of the molecule is Cc1cc(N)c(Cl)cc1NC(=O)c1ccc(Cl)o1. The number of nitrogen functional groups attached to an aromatic ring is 1. The van der Waals surface area contributed by atoms with Crippen molar-refractivity contribution in [1.82, 2.24) is 0 Å². The van der Waals surface area contributed by atoms with Crippen molar-refractivity contribution in [2.75, 3.05) is 11.1 Å². The van der Waals surface area contributed by atoms with Crippen molar-refractivity contribution >= 4 is 40.5 Å². The minimum atomic E-state index is -0.397. The second-order valence-electron chi connectivity index (χ2n) is 3.75. The molecule has 18 heavy (non-hydrogen) atoms. The van der Waals surface area contributed by atoms with Crippen molar-refractivity contribution in [1.29, 1.82) is 0 Å². The van der Waals surface area contributed by atoms with Crippen LogP contribution in [-0.4, -0.2) is 5.91 Å². The first-order chi connectivity index (χ1) is 8.47. The van der Waals surface area contributed by atoms with Gasteiger partial charge in [-0.1, -0.05) is 11.6 Å². The van der Waals surface area contributed by atoms with Crippen molar-refractivity contribution < 1.29 is 9.21 Å². The third kappa shape index (κ3) is 2.60. The summed E-state index contributed by atoms with van der Waals surface area (Å²) in [7, 11) is 0. The van der Waals surface area contributed by atoms with Crippen LogP contribution in [0.25, 0.3) is 0 Å². The van der Waals surface area contributed by atoms with Gasteiger partial charge >= 0.3 is 0 Å². The number of anilines is 2. The van der Waals surface area contributed by atoms with Gasteiger partial charge in [-0.3, -0.25) is 4.79 Å². The first kappa shape index (κ1) is 12.8. The molecule has 2 aromatic rings. The van der Waals surface area contributed by atoms with Crippen LogP contribution in [0, 0.1) is 6.92 Å². The first-order valence-corrected chi connectivity index (χ1v) is 5.85. The number of rotatable bonds is 2. The Kier molecular flexibility index (Phi) is 3.50. The van der Waals surface area contributed by atoms with Crippen LogP contribution in [-0.2, 0) is 0 Å². The quantitative estimate of drug-likeness (QED) is 0.826. The number of aryl methyl sites for hydroxylation is 1. The molecular formula is C12H10Cl2N2O2. The van der Waals surface area contributed by atoms with Crippen molar-refractivity contribution in [2.45, 2.75) is 6.92 Å². The Hall–Kier alpha value is -1.65. The second-order valence-corrected chi connectivity index (χ2v) is 4.53. The van der Waals surface area contributed by atoms with Crippen LogP contribution in [0.4, 0.5) is 11.4 Å². The smallest absolute Gasteiger partial charge is 0.291 e. The summed E-state index contributed by atoms with van der Waals surface area (Å²) >= 11 is 11.5. The van der Waals surface area contributed by atoms with Crippen LogP contribution in [0.2, 0.25) is 10.2 Å². The van der Waals surface area contributed by atoms with E-state index in [1.807, 2.05) is 6.92 Å². The Morgan fingerprint density at radius 1 is 1.33 bits per heavy atom. The van der Waals surface area contributed by atoms with E-state index < -0.39 is 5.91 Å². The molecule has 0 saturated carbocycles. The van der Waals surface area contributed by atoms with E-state index in [2.05, 4.69) is 5.32 Å². The number of hydrogen-bond donors (Lipinski definition) is 2. The van der Waals surface area contributed by atoms with Gasteiger partial charge in [0.05, 0.1) is 10.7 Å². The molecule has 0 atom stereocenters. The van der Waals surface area contributed by atoms with Gasteiger partial charge in [0.2, 0.25) is 0 Å². The lowest BCUT2D eigenvalue weighted by Crippen LogP contribution is -2.12. The highest BCUT2D eigenvalue weighted by atomic mass is 35.5. The maximum atomic E-state index is 11.8. The molecular weight excluding hydrogens is 275 g/mol. The normalized spacial score (nSPS) is 10.4. The summed E-state index contributed by atoms with van der Waals surface area (Å²) in [6.45, 7) is 1.82. The fraction of sp³-hybridized carbons (Fsp3) is 0.0833. The minimum Gasteiger partial charge on any atom is -0.440 e. The second kappa shape index (κ2) is 4.92. The van der Waals surface area contributed by atoms with E-state index in [1.54, 1.807) is 12.1 Å². The van der Waals surface area contributed by atoms with Crippen LogP contribution in [0.15, 0.2) is 28.7 Å². The molecule has 0 radical (unpaired) electrons. The molecule has 0 aliphatic heterocycles. The number of carbonyl (C=O) groups is 1. The van der Waals surface area contributed by atoms with Crippen LogP contribution >= 0.6 is 23.2 Å². The number of hydrogen-bond acceptors (Lipinski definition) is 3. The van der Waals surface area contributed by atoms with E-state index in [-0.39, 0.29) is 11.0 Å². The Morgan fingerprint density at radius 2 is 2.06 bits per heavy atom. The molecule has 0 aliphatic rings. The van der Waals surface area contributed by atoms with E-state index in [9.17, 15) is 4.79 Å². The van der Waals surface area contributed by atoms with Gasteiger partial charge in [-0.2, -0.15) is 0 Å². The zero-order valence-electron chi connectivity index (χ0n) is 9.46. The summed E-state index contributed by atoms with van der Waals surface area (Å²) in [6, 6.07) is 6.27. The highest BCUT2D eigenvalue weighted by Gasteiger charge is 2.13. The summed E-state index contributed by atoms with van der Waals surface area (Å²) in [5.41, 5.74) is 7.50. The Morgan fingerprint density at radius 3 is 2.67 bits per heavy atom. The average Bonchev–Trinajstić information content (AvgIpc) is 2.73. The number of carbonyl (C=O) groups excluding carboxylic acids is 1. The molecule has 0 unspecified atom stereocenters. The minimum absolute atomic E-state index is 0.132. The van der Waals surface area contributed by atoms with Crippen molar-refractivity contribution in [3.8, 4) is 0 Å². The lowest BCUT2D eigenvalue weighted by Gasteiger charge is -2.09. The molecule has 0 spiro atoms. The van der Waals surface area contributed by atoms with Gasteiger partial charge in [-0.05, 0) is 48.4 Å². The number of nitrogens with one attached hydrogen (secondary N) is 1. The van der Waals surface area contributed by atoms with Gasteiger partial charge in [-0.15, -0.1) is 0 Å². The van der Waals surface area contributed by atoms with Crippen LogP contribution < -0.4 is 11.1 Å². The van der Waals surface area contributed by atoms with Crippen LogP contribution in [0.5, 0.6) is 0 Å². The van der Waals surface area contributed by atoms with E-state index in [0.29, 0.717) is 16.4 Å². The van der Waals surface area contributed by atoms with Gasteiger partial charge < -0.3 is 15.5 Å². The third-order valence-electron chi connectivity index (χ3n) is 2.39. The Labute approximate surface area is 114 Å². The topological polar surface area (TPSA) is 68.3 Å². The van der Waals surface area contributed by atoms with Gasteiger partial charge in [0.25, 0.3) is 5.91 Å². The van der Waals surface area contributed by atoms with Crippen LogP contribution in [0.3, 0.4) is 0 Å². The fourth-order valence-corrected chi connectivity index (χ4v) is 1.77. The molecule has 1 aromatic heterocycles. The van der Waals surface area contributed by atoms with Crippen molar-refractivity contribution in [3.05, 3.63) is 45.8 Å². The third-order valence-corrected chi connectivity index (χ3v) is 2.92. The van der Waals surface area contributed by atoms with E-state index in [4.69, 9.17) is 33.4 Å². The molecule has 94 valence electrons. The number of nitrogens with two attached hydrogens (primary N) is 1. The zero-order valence-corrected chi connectivity index (χ0v) is 11.0. The molecule has 1 amide bonds. The lowest BCUT2D eigenvalue weighted by molar-refractivity contribution is 0.0996. The Balaban J connectivity index is 2.24. The van der Waals surface area contributed by atoms with Crippen molar-refractivity contribution in [2.24, 2.45) is 0 Å². The van der Waals surface area contributed by atoms with E-state index >= 15 is 0 Å². The molecule has 0 bridgehead atoms. The monoisotopic (exact) mass is 284 g/mol. The lowest BCUT2D eigenvalue weighted by atomic mass is 10.1. The predicted molar refractivity (Wildman–Crippen MR) is 72.3 cm³/mol. The fourth-order valence-electron chi connectivity index (χ4n) is 1.46. The standard InChI is InChI=1S/C12H10Cl2N2O2/c1-6-4-8(15)7(13)5-9(6)16-12(17)10-2-3-11(14)18-10/h2-5H,15H2,1H3,(H,16,17). The highest BCUT2D eigenvalue weighted by molar-refractivity contribution is 6.33. The average molecular weight is 285 g/mol. The van der Waals surface area contributed by atoms with Crippen LogP contribution in [0.1, 0.15) is 16.1 Å². The summed E-state index contributed by atoms with van der Waals surface area (Å²) in [4.78, 5) is 11.8. The molecule has 3 N–H and O–H groups in total. The van der Waals surface area contributed by atoms with Crippen molar-refractivity contribution in [3.63, 3.8) is 0 Å². The molecule has 0 saturated heterocycles. The highest BCUT2D eigenvalue weighted by Crippen LogP contribution is 2.27. The van der Waals surface area contributed by atoms with Gasteiger partial charge in [0.1, 0.15) is 0 Å². The molecule has 0 aliphatic carbocycles. The summed E-state index contributed by atoms with van der Waals surface area (Å²) < 4.78 is 5.01. The molecule has 1 heterocycles. The molecule has 0 fully saturated rings. The van der Waals surface area contributed by atoms with E-state index in [1.165, 1.54) is 12.1 Å². The largest absolute Gasteiger partial charge is 0.440 e. The van der Waals surface area contributed by atoms with E-state index in [0.717, 1.165) is 5.56 Å². The van der Waals surface area contributed by atoms with Gasteiger partial charge in [0.15, 0.2) is 11.0 Å². The summed E-state index contributed by atoms with van der Waals surface area (Å²) in [5, 5.41) is 3.22. The molecule has 2 rings (SSSR count). The predicted octanol–water partition coefficient (Wildman–Crippen LogP) is 3.73. The summed E-state index contributed by atoms with van der Waals surface area (Å²) in [5.74, 6) is -0.266. The maximum absolute atomic E-state index is 11.8. The molecule has 1 aromatic carbocycles. The number of furan rings is 1. The summed E-state index contributed by atoms with van der Waals surface area (Å²) in [6.07, 6.45) is 0. The van der Waals surface area contributed by atoms with Gasteiger partial charge in [-0.25, -0.2) is 0 Å². The number of benzene rings is 1. The van der Waals surface area contributed by atoms with Gasteiger partial charge in [0, 0.05) is 5.69 Å². The number of halogens is 2. The number of amides is 1.